The van der Waals surface area contributed by atoms with Gasteiger partial charge in [-0.2, -0.15) is 0 Å². The maximum atomic E-state index is 10.1. The zero-order valence-electron chi connectivity index (χ0n) is 6.93. The molecule has 0 saturated heterocycles. The van der Waals surface area contributed by atoms with Gasteiger partial charge < -0.3 is 2.85 Å². The van der Waals surface area contributed by atoms with E-state index < -0.39 is 29.9 Å². The minimum atomic E-state index is -2.44. The standard InChI is InChI=1S/C2H8As2O3.Ca.2H/c1-3(5)7-4(2)6;;;/h3-4H,1-2H3;;;/q;+2;2*-1. The van der Waals surface area contributed by atoms with Crippen LogP contribution in [0.1, 0.15) is 2.85 Å². The first-order valence-electron chi connectivity index (χ1n) is 1.82. The van der Waals surface area contributed by atoms with Crippen molar-refractivity contribution in [2.45, 2.75) is 11.4 Å². The van der Waals surface area contributed by atoms with Gasteiger partial charge in [0.25, 0.3) is 0 Å². The van der Waals surface area contributed by atoms with Crippen LogP contribution in [0, 0.1) is 0 Å². The molecule has 0 aliphatic carbocycles. The molecule has 0 saturated carbocycles. The average molecular weight is 272 g/mol. The van der Waals surface area contributed by atoms with Gasteiger partial charge in [-0.3, -0.25) is 0 Å². The fourth-order valence-corrected chi connectivity index (χ4v) is 5.46. The van der Waals surface area contributed by atoms with Gasteiger partial charge in [0.15, 0.2) is 0 Å². The molecule has 3 nitrogen and oxygen atoms in total. The second kappa shape index (κ2) is 7.05. The van der Waals surface area contributed by atoms with Gasteiger partial charge in [-0.05, 0) is 0 Å². The van der Waals surface area contributed by atoms with E-state index in [9.17, 15) is 7.48 Å². The van der Waals surface area contributed by atoms with Crippen LogP contribution in [0.25, 0.3) is 0 Å². The molecule has 0 unspecified atom stereocenters. The van der Waals surface area contributed by atoms with E-state index in [0.717, 1.165) is 0 Å². The molecule has 0 spiro atoms. The Morgan fingerprint density at radius 1 is 1.25 bits per heavy atom. The topological polar surface area (TPSA) is 43.4 Å². The first-order valence-corrected chi connectivity index (χ1v) is 9.44. The molecule has 0 aromatic rings. The van der Waals surface area contributed by atoms with Gasteiger partial charge in [0.05, 0.1) is 0 Å². The first kappa shape index (κ1) is 12.6. The van der Waals surface area contributed by atoms with E-state index in [-0.39, 0.29) is 40.6 Å². The predicted octanol–water partition coefficient (Wildman–Crippen LogP) is -0.591. The fourth-order valence-electron chi connectivity index (χ4n) is 0.202. The van der Waals surface area contributed by atoms with Gasteiger partial charge in [0.2, 0.25) is 0 Å². The second-order valence-corrected chi connectivity index (χ2v) is 7.86. The Morgan fingerprint density at radius 3 is 1.50 bits per heavy atom. The van der Waals surface area contributed by atoms with Gasteiger partial charge in [0.1, 0.15) is 0 Å². The smallest absolute Gasteiger partial charge is 1.00 e. The van der Waals surface area contributed by atoms with Crippen LogP contribution in [0.3, 0.4) is 0 Å². The van der Waals surface area contributed by atoms with Crippen molar-refractivity contribution >= 4 is 67.6 Å². The summed E-state index contributed by atoms with van der Waals surface area (Å²) >= 11 is -4.88. The largest absolute Gasteiger partial charge is 2.00 e. The minimum Gasteiger partial charge on any atom is -1.00 e. The van der Waals surface area contributed by atoms with Crippen LogP contribution >= 0.6 is 0 Å². The van der Waals surface area contributed by atoms with Crippen molar-refractivity contribution in [2.75, 3.05) is 0 Å². The Labute approximate surface area is 90.8 Å². The van der Waals surface area contributed by atoms with Crippen molar-refractivity contribution in [1.29, 1.82) is 0 Å². The molecule has 0 atom stereocenters. The van der Waals surface area contributed by atoms with Crippen LogP contribution in [0.5, 0.6) is 0 Å². The molecule has 0 aliphatic heterocycles. The quantitative estimate of drug-likeness (QED) is 0.631. The Bertz CT molecular complexity index is 98.7. The summed E-state index contributed by atoms with van der Waals surface area (Å²) in [7, 11) is 0. The van der Waals surface area contributed by atoms with E-state index in [2.05, 4.69) is 2.72 Å². The fraction of sp³-hybridized carbons (Fsp3) is 1.00. The van der Waals surface area contributed by atoms with Crippen molar-refractivity contribution in [1.82, 2.24) is 0 Å². The van der Waals surface area contributed by atoms with Crippen molar-refractivity contribution in [2.24, 2.45) is 0 Å². The number of rotatable bonds is 2. The third kappa shape index (κ3) is 10.8. The van der Waals surface area contributed by atoms with Crippen LogP contribution in [0.15, 0.2) is 0 Å². The van der Waals surface area contributed by atoms with Crippen molar-refractivity contribution < 1.29 is 13.0 Å². The van der Waals surface area contributed by atoms with Gasteiger partial charge in [-0.25, -0.2) is 0 Å². The molecular weight excluding hydrogens is 262 g/mol. The third-order valence-electron chi connectivity index (χ3n) is 0.287. The summed E-state index contributed by atoms with van der Waals surface area (Å²) in [5.41, 5.74) is 2.99. The van der Waals surface area contributed by atoms with E-state index >= 15 is 0 Å². The summed E-state index contributed by atoms with van der Waals surface area (Å²) in [4.78, 5) is 0. The van der Waals surface area contributed by atoms with Crippen LogP contribution < -0.4 is 0 Å². The number of hydrogen-bond acceptors (Lipinski definition) is 3. The van der Waals surface area contributed by atoms with Gasteiger partial charge in [-0.1, -0.05) is 0 Å². The SMILES string of the molecule is C[AsH](=O)O[AsH](C)=O.[Ca+2].[H-].[H-]. The van der Waals surface area contributed by atoms with Crippen molar-refractivity contribution in [3.05, 3.63) is 0 Å². The van der Waals surface area contributed by atoms with Gasteiger partial charge >= 0.3 is 89.2 Å². The van der Waals surface area contributed by atoms with Crippen LogP contribution in [-0.2, 0) is 10.2 Å². The van der Waals surface area contributed by atoms with E-state index in [1.807, 2.05) is 0 Å². The minimum absolute atomic E-state index is 0. The zero-order chi connectivity index (χ0) is 5.86. The predicted molar refractivity (Wildman–Crippen MR) is 36.5 cm³/mol. The van der Waals surface area contributed by atoms with Gasteiger partial charge in [-0.15, -0.1) is 0 Å². The molecule has 0 aromatic heterocycles. The molecule has 0 heterocycles. The molecule has 0 amide bonds. The molecule has 0 N–H and O–H groups in total. The molecular formula is C2H10As2CaO3. The molecule has 48 valence electrons. The Balaban J connectivity index is -0.0000000600. The Hall–Kier alpha value is 1.94. The van der Waals surface area contributed by atoms with Crippen molar-refractivity contribution in [3.8, 4) is 0 Å². The van der Waals surface area contributed by atoms with E-state index in [4.69, 9.17) is 0 Å². The summed E-state index contributed by atoms with van der Waals surface area (Å²) in [6.07, 6.45) is 0. The van der Waals surface area contributed by atoms with E-state index in [0.29, 0.717) is 0 Å². The molecule has 0 aliphatic rings. The molecule has 8 heavy (non-hydrogen) atoms. The normalized spacial score (nSPS) is 16.2. The third-order valence-corrected chi connectivity index (χ3v) is 7.76. The first-order chi connectivity index (χ1) is 3.13. The average Bonchev–Trinajstić information content (AvgIpc) is 1.27. The summed E-state index contributed by atoms with van der Waals surface area (Å²) < 4.78 is 24.7. The molecule has 0 rings (SSSR count). The maximum absolute atomic E-state index is 10.1. The van der Waals surface area contributed by atoms with E-state index in [1.165, 1.54) is 11.4 Å². The van der Waals surface area contributed by atoms with Crippen LogP contribution in [0.2, 0.25) is 11.4 Å². The Kier molecular flexibility index (Phi) is 11.1. The molecule has 0 aromatic carbocycles. The number of hydrogen-bond donors (Lipinski definition) is 0. The summed E-state index contributed by atoms with van der Waals surface area (Å²) in [6.45, 7) is 0. The molecule has 0 bridgehead atoms. The summed E-state index contributed by atoms with van der Waals surface area (Å²) in [6, 6.07) is 0. The Morgan fingerprint density at radius 2 is 1.50 bits per heavy atom. The van der Waals surface area contributed by atoms with Crippen molar-refractivity contribution in [3.63, 3.8) is 0 Å². The second-order valence-electron chi connectivity index (χ2n) is 1.09. The molecule has 0 radical (unpaired) electrons. The summed E-state index contributed by atoms with van der Waals surface area (Å²) in [5, 5.41) is 0. The zero-order valence-corrected chi connectivity index (χ0v) is 11.3. The summed E-state index contributed by atoms with van der Waals surface area (Å²) in [5.74, 6) is 0. The van der Waals surface area contributed by atoms with Crippen LogP contribution in [-0.4, -0.2) is 67.6 Å². The molecule has 0 fully saturated rings. The maximum Gasteiger partial charge on any atom is 2.00 e. The van der Waals surface area contributed by atoms with Crippen LogP contribution in [0.4, 0.5) is 0 Å². The van der Waals surface area contributed by atoms with Gasteiger partial charge in [0, 0.05) is 0 Å². The molecule has 6 heteroatoms. The monoisotopic (exact) mass is 272 g/mol. The van der Waals surface area contributed by atoms with E-state index in [1.54, 1.807) is 0 Å².